The molecule has 0 aliphatic carbocycles. The number of hydrogen-bond acceptors (Lipinski definition) is 6. The highest BCUT2D eigenvalue weighted by atomic mass is 16.4. The number of carbonyl (C=O) groups is 2. The molecule has 0 aromatic heterocycles. The Labute approximate surface area is 102 Å². The summed E-state index contributed by atoms with van der Waals surface area (Å²) in [5.41, 5.74) is 0.933. The first-order chi connectivity index (χ1) is 8.65. The second kappa shape index (κ2) is 6.63. The molecule has 0 heterocycles. The van der Waals surface area contributed by atoms with E-state index < -0.39 is 11.8 Å². The predicted octanol–water partition coefficient (Wildman–Crippen LogP) is 0.484. The van der Waals surface area contributed by atoms with Gasteiger partial charge in [0.1, 0.15) is 12.4 Å². The van der Waals surface area contributed by atoms with Crippen molar-refractivity contribution >= 4 is 35.6 Å². The minimum atomic E-state index is -0.582. The molecule has 0 spiro atoms. The summed E-state index contributed by atoms with van der Waals surface area (Å²) in [6.07, 6.45) is 1.43. The highest BCUT2D eigenvalue weighted by molar-refractivity contribution is 6.32. The zero-order chi connectivity index (χ0) is 13.4. The van der Waals surface area contributed by atoms with Crippen LogP contribution < -0.4 is 10.6 Å². The van der Waals surface area contributed by atoms with Crippen molar-refractivity contribution in [1.82, 2.24) is 0 Å². The first-order valence-corrected chi connectivity index (χ1v) is 4.72. The van der Waals surface area contributed by atoms with E-state index in [1.54, 1.807) is 0 Å². The lowest BCUT2D eigenvalue weighted by atomic mass is 10.2. The maximum atomic E-state index is 11.0. The normalized spacial score (nSPS) is 10.7. The van der Waals surface area contributed by atoms with Gasteiger partial charge in [-0.25, -0.2) is 0 Å². The third kappa shape index (κ3) is 4.31. The standard InChI is InChI=1S/C10H10N4O4/c15-9(5-11-17)13-7-1-2-8(4-3-7)14-10(16)6-12-18/h1-6,17-18H,(H,13,15)(H,14,16)/b11-5+,12-6+. The van der Waals surface area contributed by atoms with E-state index in [1.165, 1.54) is 24.3 Å². The van der Waals surface area contributed by atoms with E-state index in [9.17, 15) is 9.59 Å². The van der Waals surface area contributed by atoms with Gasteiger partial charge in [0.05, 0.1) is 0 Å². The molecule has 8 heteroatoms. The molecule has 2 amide bonds. The quantitative estimate of drug-likeness (QED) is 0.352. The molecule has 0 saturated heterocycles. The highest BCUT2D eigenvalue weighted by Gasteiger charge is 2.01. The molecular weight excluding hydrogens is 240 g/mol. The Morgan fingerprint density at radius 2 is 1.22 bits per heavy atom. The number of rotatable bonds is 4. The molecule has 0 aliphatic rings. The van der Waals surface area contributed by atoms with Crippen molar-refractivity contribution in [2.24, 2.45) is 10.3 Å². The summed E-state index contributed by atoms with van der Waals surface area (Å²) in [6.45, 7) is 0. The first kappa shape index (κ1) is 13.2. The number of nitrogens with zero attached hydrogens (tertiary/aromatic N) is 2. The van der Waals surface area contributed by atoms with Crippen molar-refractivity contribution in [2.45, 2.75) is 0 Å². The molecule has 0 aliphatic heterocycles. The SMILES string of the molecule is O=C(/C=N/O)Nc1ccc(NC(=O)/C=N/O)cc1. The number of nitrogens with one attached hydrogen (secondary N) is 2. The Kier molecular flexibility index (Phi) is 4.85. The summed E-state index contributed by atoms with van der Waals surface area (Å²) >= 11 is 0. The van der Waals surface area contributed by atoms with Gasteiger partial charge in [-0.2, -0.15) is 0 Å². The number of anilines is 2. The summed E-state index contributed by atoms with van der Waals surface area (Å²) in [6, 6.07) is 6.15. The smallest absolute Gasteiger partial charge is 0.270 e. The van der Waals surface area contributed by atoms with Gasteiger partial charge in [0.15, 0.2) is 0 Å². The molecule has 1 aromatic rings. The van der Waals surface area contributed by atoms with E-state index in [0.29, 0.717) is 23.8 Å². The molecule has 0 fully saturated rings. The number of benzene rings is 1. The van der Waals surface area contributed by atoms with Crippen LogP contribution >= 0.6 is 0 Å². The van der Waals surface area contributed by atoms with Gasteiger partial charge in [0.25, 0.3) is 11.8 Å². The number of hydrogen-bond donors (Lipinski definition) is 4. The summed E-state index contributed by atoms with van der Waals surface area (Å²) in [4.78, 5) is 22.1. The molecular formula is C10H10N4O4. The monoisotopic (exact) mass is 250 g/mol. The Morgan fingerprint density at radius 1 is 0.889 bits per heavy atom. The first-order valence-electron chi connectivity index (χ1n) is 4.72. The second-order valence-corrected chi connectivity index (χ2v) is 3.04. The van der Waals surface area contributed by atoms with Crippen molar-refractivity contribution in [3.63, 3.8) is 0 Å². The van der Waals surface area contributed by atoms with E-state index in [2.05, 4.69) is 20.9 Å². The summed E-state index contributed by atoms with van der Waals surface area (Å²) in [5, 5.41) is 26.3. The van der Waals surface area contributed by atoms with E-state index in [1.807, 2.05) is 0 Å². The summed E-state index contributed by atoms with van der Waals surface area (Å²) in [5.74, 6) is -1.16. The summed E-state index contributed by atoms with van der Waals surface area (Å²) in [7, 11) is 0. The Morgan fingerprint density at radius 3 is 1.50 bits per heavy atom. The van der Waals surface area contributed by atoms with E-state index in [0.717, 1.165) is 0 Å². The van der Waals surface area contributed by atoms with Crippen molar-refractivity contribution < 1.29 is 20.0 Å². The third-order valence-electron chi connectivity index (χ3n) is 1.77. The van der Waals surface area contributed by atoms with Gasteiger partial charge in [-0.1, -0.05) is 10.3 Å². The Hall–Kier alpha value is -2.90. The van der Waals surface area contributed by atoms with Gasteiger partial charge >= 0.3 is 0 Å². The van der Waals surface area contributed by atoms with Crippen LogP contribution in [0.4, 0.5) is 11.4 Å². The molecule has 1 rings (SSSR count). The number of carbonyl (C=O) groups excluding carboxylic acids is 2. The average molecular weight is 250 g/mol. The largest absolute Gasteiger partial charge is 0.411 e. The van der Waals surface area contributed by atoms with Crippen LogP contribution in [0.5, 0.6) is 0 Å². The molecule has 0 bridgehead atoms. The summed E-state index contributed by atoms with van der Waals surface area (Å²) < 4.78 is 0. The fraction of sp³-hybridized carbons (Fsp3) is 0. The number of amides is 2. The number of oxime groups is 2. The van der Waals surface area contributed by atoms with E-state index in [-0.39, 0.29) is 0 Å². The average Bonchev–Trinajstić information content (AvgIpc) is 2.32. The van der Waals surface area contributed by atoms with Crippen LogP contribution in [-0.2, 0) is 9.59 Å². The lowest BCUT2D eigenvalue weighted by Gasteiger charge is -2.04. The molecule has 0 saturated carbocycles. The van der Waals surface area contributed by atoms with Gasteiger partial charge in [-0.15, -0.1) is 0 Å². The van der Waals surface area contributed by atoms with Crippen LogP contribution in [0.15, 0.2) is 34.6 Å². The fourth-order valence-corrected chi connectivity index (χ4v) is 1.09. The third-order valence-corrected chi connectivity index (χ3v) is 1.77. The van der Waals surface area contributed by atoms with Gasteiger partial charge < -0.3 is 21.0 Å². The zero-order valence-electron chi connectivity index (χ0n) is 9.07. The van der Waals surface area contributed by atoms with Gasteiger partial charge in [-0.3, -0.25) is 9.59 Å². The molecule has 0 atom stereocenters. The predicted molar refractivity (Wildman–Crippen MR) is 64.3 cm³/mol. The van der Waals surface area contributed by atoms with Crippen molar-refractivity contribution in [3.8, 4) is 0 Å². The highest BCUT2D eigenvalue weighted by Crippen LogP contribution is 2.12. The van der Waals surface area contributed by atoms with Crippen LogP contribution in [-0.4, -0.2) is 34.7 Å². The molecule has 0 radical (unpaired) electrons. The lowest BCUT2D eigenvalue weighted by Crippen LogP contribution is -2.14. The Balaban J connectivity index is 2.62. The maximum Gasteiger partial charge on any atom is 0.270 e. The van der Waals surface area contributed by atoms with Crippen molar-refractivity contribution in [3.05, 3.63) is 24.3 Å². The second-order valence-electron chi connectivity index (χ2n) is 3.04. The van der Waals surface area contributed by atoms with Crippen molar-refractivity contribution in [2.75, 3.05) is 10.6 Å². The molecule has 94 valence electrons. The molecule has 8 nitrogen and oxygen atoms in total. The minimum absolute atomic E-state index is 0.466. The van der Waals surface area contributed by atoms with Crippen LogP contribution in [0.1, 0.15) is 0 Å². The van der Waals surface area contributed by atoms with Gasteiger partial charge in [-0.05, 0) is 24.3 Å². The van der Waals surface area contributed by atoms with Gasteiger partial charge in [0.2, 0.25) is 0 Å². The maximum absolute atomic E-state index is 11.0. The van der Waals surface area contributed by atoms with Crippen LogP contribution in [0.2, 0.25) is 0 Å². The van der Waals surface area contributed by atoms with E-state index in [4.69, 9.17) is 10.4 Å². The Bertz CT molecular complexity index is 436. The fourth-order valence-electron chi connectivity index (χ4n) is 1.09. The minimum Gasteiger partial charge on any atom is -0.411 e. The van der Waals surface area contributed by atoms with E-state index >= 15 is 0 Å². The van der Waals surface area contributed by atoms with Crippen molar-refractivity contribution in [1.29, 1.82) is 0 Å². The molecule has 1 aromatic carbocycles. The molecule has 0 unspecified atom stereocenters. The molecule has 18 heavy (non-hydrogen) atoms. The zero-order valence-corrected chi connectivity index (χ0v) is 9.07. The lowest BCUT2D eigenvalue weighted by molar-refractivity contribution is -0.110. The van der Waals surface area contributed by atoms with Crippen LogP contribution in [0.3, 0.4) is 0 Å². The topological polar surface area (TPSA) is 123 Å². The molecule has 4 N–H and O–H groups in total. The van der Waals surface area contributed by atoms with Crippen LogP contribution in [0.25, 0.3) is 0 Å². The van der Waals surface area contributed by atoms with Gasteiger partial charge in [0, 0.05) is 11.4 Å². The van der Waals surface area contributed by atoms with Crippen LogP contribution in [0, 0.1) is 0 Å².